The van der Waals surface area contributed by atoms with Gasteiger partial charge in [0.2, 0.25) is 0 Å². The van der Waals surface area contributed by atoms with Gasteiger partial charge in [0.1, 0.15) is 0 Å². The van der Waals surface area contributed by atoms with Crippen LogP contribution in [0.1, 0.15) is 88.5 Å². The maximum absolute atomic E-state index is 2.53. The monoisotopic (exact) mass is 669 g/mol. The van der Waals surface area contributed by atoms with E-state index in [-0.39, 0.29) is 16.2 Å². The summed E-state index contributed by atoms with van der Waals surface area (Å²) >= 11 is 2.03. The van der Waals surface area contributed by atoms with Crippen molar-refractivity contribution in [2.75, 3.05) is 4.90 Å². The Balaban J connectivity index is 1.01. The SMILES string of the molecule is CC1(C)CCC(C)(C)c2cc(N(c3ccccc3)c3ccc(-c4cccc5c4Sc4ccccc4C54C5CC6CC7CC4C75C6)cc3)ccc21. The summed E-state index contributed by atoms with van der Waals surface area (Å²) < 4.78 is 0. The van der Waals surface area contributed by atoms with Crippen LogP contribution in [0.5, 0.6) is 0 Å². The number of hydrogen-bond acceptors (Lipinski definition) is 2. The average molecular weight is 670 g/mol. The van der Waals surface area contributed by atoms with E-state index in [1.54, 1.807) is 11.1 Å². The molecule has 5 aliphatic carbocycles. The average Bonchev–Trinajstić information content (AvgIpc) is 3.66. The zero-order valence-electron chi connectivity index (χ0n) is 29.9. The molecule has 0 saturated heterocycles. The Morgan fingerprint density at radius 3 is 2.06 bits per heavy atom. The molecule has 5 aromatic carbocycles. The second-order valence-corrected chi connectivity index (χ2v) is 19.1. The second kappa shape index (κ2) is 9.97. The van der Waals surface area contributed by atoms with Crippen molar-refractivity contribution in [1.29, 1.82) is 0 Å². The van der Waals surface area contributed by atoms with E-state index in [9.17, 15) is 0 Å². The highest BCUT2D eigenvalue weighted by molar-refractivity contribution is 7.99. The van der Waals surface area contributed by atoms with Gasteiger partial charge in [0.15, 0.2) is 0 Å². The van der Waals surface area contributed by atoms with E-state index in [2.05, 4.69) is 148 Å². The highest BCUT2D eigenvalue weighted by Crippen LogP contribution is 2.89. The van der Waals surface area contributed by atoms with E-state index in [1.165, 1.54) is 87.6 Å². The lowest BCUT2D eigenvalue weighted by atomic mass is 9.26. The molecule has 6 atom stereocenters. The first-order chi connectivity index (χ1) is 24.2. The predicted molar refractivity (Wildman–Crippen MR) is 208 cm³/mol. The third-order valence-electron chi connectivity index (χ3n) is 15.1. The van der Waals surface area contributed by atoms with Crippen molar-refractivity contribution in [3.05, 3.63) is 138 Å². The van der Waals surface area contributed by atoms with Gasteiger partial charge >= 0.3 is 0 Å². The smallest absolute Gasteiger partial charge is 0.0464 e. The van der Waals surface area contributed by atoms with Gasteiger partial charge in [0, 0.05) is 32.3 Å². The lowest BCUT2D eigenvalue weighted by molar-refractivity contribution is -0.235. The largest absolute Gasteiger partial charge is 0.310 e. The molecule has 50 heavy (non-hydrogen) atoms. The first-order valence-electron chi connectivity index (χ1n) is 19.2. The Kier molecular flexibility index (Phi) is 5.97. The first kappa shape index (κ1) is 29.9. The van der Waals surface area contributed by atoms with Crippen molar-refractivity contribution in [3.8, 4) is 11.1 Å². The summed E-state index contributed by atoms with van der Waals surface area (Å²) in [5, 5.41) is 0. The van der Waals surface area contributed by atoms with Gasteiger partial charge in [0.05, 0.1) is 0 Å². The number of fused-ring (bicyclic) bond motifs is 8. The summed E-state index contributed by atoms with van der Waals surface area (Å²) in [6.45, 7) is 9.69. The van der Waals surface area contributed by atoms with Gasteiger partial charge < -0.3 is 4.90 Å². The van der Waals surface area contributed by atoms with Gasteiger partial charge in [-0.05, 0) is 154 Å². The van der Waals surface area contributed by atoms with Crippen LogP contribution >= 0.6 is 11.8 Å². The van der Waals surface area contributed by atoms with E-state index in [0.29, 0.717) is 5.41 Å². The minimum absolute atomic E-state index is 0.158. The fraction of sp³-hybridized carbons (Fsp3) is 0.375. The Morgan fingerprint density at radius 2 is 1.26 bits per heavy atom. The maximum atomic E-state index is 2.53. The van der Waals surface area contributed by atoms with Crippen molar-refractivity contribution in [2.24, 2.45) is 29.1 Å². The fourth-order valence-electron chi connectivity index (χ4n) is 12.9. The number of rotatable bonds is 4. The zero-order valence-corrected chi connectivity index (χ0v) is 30.7. The maximum Gasteiger partial charge on any atom is 0.0464 e. The molecule has 1 heterocycles. The molecule has 11 rings (SSSR count). The minimum atomic E-state index is 0.158. The summed E-state index contributed by atoms with van der Waals surface area (Å²) in [5.74, 6) is 3.61. The van der Waals surface area contributed by atoms with Crippen molar-refractivity contribution in [1.82, 2.24) is 0 Å². The summed E-state index contributed by atoms with van der Waals surface area (Å²) in [7, 11) is 0. The van der Waals surface area contributed by atoms with Gasteiger partial charge in [-0.25, -0.2) is 0 Å². The quantitative estimate of drug-likeness (QED) is 0.187. The molecule has 6 unspecified atom stereocenters. The van der Waals surface area contributed by atoms with Crippen LogP contribution in [0.15, 0.2) is 125 Å². The lowest BCUT2D eigenvalue weighted by Gasteiger charge is -2.78. The second-order valence-electron chi connectivity index (χ2n) is 18.1. The Hall–Kier alpha value is -3.75. The van der Waals surface area contributed by atoms with Crippen molar-refractivity contribution < 1.29 is 0 Å². The number of benzene rings is 5. The van der Waals surface area contributed by atoms with Gasteiger partial charge in [-0.15, -0.1) is 0 Å². The highest BCUT2D eigenvalue weighted by atomic mass is 32.2. The standard InChI is InChI=1S/C48H47NS/c1-45(2)23-24-46(3,4)40-28-35(21-22-37(40)45)49(33-11-6-5-7-12-33)34-19-17-31(18-20-34)36-13-10-15-39-44(36)50-41-16-9-8-14-38(41)48(39)42-26-30-25-32-27-43(48)47(32,42)29-30/h5-22,28,30,32,42-43H,23-27,29H2,1-4H3. The van der Waals surface area contributed by atoms with Crippen LogP contribution in [-0.2, 0) is 16.2 Å². The van der Waals surface area contributed by atoms with Crippen LogP contribution in [0.2, 0.25) is 0 Å². The van der Waals surface area contributed by atoms with Crippen LogP contribution < -0.4 is 4.90 Å². The van der Waals surface area contributed by atoms with Crippen molar-refractivity contribution in [3.63, 3.8) is 0 Å². The number of hydrogen-bond donors (Lipinski definition) is 0. The van der Waals surface area contributed by atoms with Crippen LogP contribution in [-0.4, -0.2) is 0 Å². The number of anilines is 3. The van der Waals surface area contributed by atoms with Gasteiger partial charge in [-0.3, -0.25) is 0 Å². The molecule has 4 saturated carbocycles. The molecule has 0 radical (unpaired) electrons. The van der Waals surface area contributed by atoms with Gasteiger partial charge in [-0.1, -0.05) is 112 Å². The van der Waals surface area contributed by atoms with Crippen LogP contribution in [0.25, 0.3) is 11.1 Å². The van der Waals surface area contributed by atoms with Crippen LogP contribution in [0.4, 0.5) is 17.1 Å². The Labute approximate surface area is 302 Å². The molecular weight excluding hydrogens is 623 g/mol. The van der Waals surface area contributed by atoms with E-state index in [4.69, 9.17) is 0 Å². The normalized spacial score (nSPS) is 31.1. The predicted octanol–water partition coefficient (Wildman–Crippen LogP) is 13.0. The molecule has 5 aromatic rings. The van der Waals surface area contributed by atoms with Crippen molar-refractivity contribution in [2.45, 2.75) is 92.3 Å². The van der Waals surface area contributed by atoms with E-state index in [1.807, 2.05) is 11.8 Å². The molecular formula is C48H47NS. The number of para-hydroxylation sites is 1. The fourth-order valence-corrected chi connectivity index (χ4v) is 14.2. The molecule has 0 amide bonds. The summed E-state index contributed by atoms with van der Waals surface area (Å²) in [6, 6.07) is 44.5. The molecule has 6 aliphatic rings. The summed E-state index contributed by atoms with van der Waals surface area (Å²) in [6.07, 6.45) is 8.35. The minimum Gasteiger partial charge on any atom is -0.310 e. The van der Waals surface area contributed by atoms with E-state index < -0.39 is 0 Å². The molecule has 2 heteroatoms. The topological polar surface area (TPSA) is 3.24 Å². The first-order valence-corrected chi connectivity index (χ1v) is 20.0. The Morgan fingerprint density at radius 1 is 0.580 bits per heavy atom. The lowest BCUT2D eigenvalue weighted by Crippen LogP contribution is -2.74. The highest BCUT2D eigenvalue weighted by Gasteiger charge is 2.84. The molecule has 250 valence electrons. The van der Waals surface area contributed by atoms with Crippen LogP contribution in [0.3, 0.4) is 0 Å². The molecule has 2 bridgehead atoms. The molecule has 2 spiro atoms. The summed E-state index contributed by atoms with van der Waals surface area (Å²) in [5.41, 5.74) is 13.9. The summed E-state index contributed by atoms with van der Waals surface area (Å²) in [4.78, 5) is 5.47. The molecule has 0 aromatic heterocycles. The third kappa shape index (κ3) is 3.67. The Bertz CT molecular complexity index is 2200. The molecule has 1 aliphatic heterocycles. The molecule has 4 fully saturated rings. The molecule has 0 N–H and O–H groups in total. The van der Waals surface area contributed by atoms with Gasteiger partial charge in [0.25, 0.3) is 0 Å². The number of nitrogens with zero attached hydrogens (tertiary/aromatic N) is 1. The molecule has 1 nitrogen and oxygen atoms in total. The zero-order chi connectivity index (χ0) is 33.6. The van der Waals surface area contributed by atoms with Crippen molar-refractivity contribution >= 4 is 28.8 Å². The van der Waals surface area contributed by atoms with Gasteiger partial charge in [-0.2, -0.15) is 0 Å². The van der Waals surface area contributed by atoms with E-state index in [0.717, 1.165) is 23.7 Å². The van der Waals surface area contributed by atoms with Crippen LogP contribution in [0, 0.1) is 29.1 Å². The van der Waals surface area contributed by atoms with E-state index >= 15 is 0 Å². The third-order valence-corrected chi connectivity index (χ3v) is 16.3.